The van der Waals surface area contributed by atoms with E-state index < -0.39 is 0 Å². The predicted molar refractivity (Wildman–Crippen MR) is 157 cm³/mol. The highest BCUT2D eigenvalue weighted by Gasteiger charge is 2.41. The first-order valence-corrected chi connectivity index (χ1v) is 13.1. The van der Waals surface area contributed by atoms with Crippen LogP contribution in [0, 0.1) is 6.92 Å². The Hall–Kier alpha value is -4.17. The minimum Gasteiger partial charge on any atom is -0.378 e. The maximum absolute atomic E-state index is 12.9. The number of hydrogen-bond donors (Lipinski definition) is 2. The van der Waals surface area contributed by atoms with Gasteiger partial charge in [0.15, 0.2) is 5.11 Å². The Kier molecular flexibility index (Phi) is 7.42. The van der Waals surface area contributed by atoms with Crippen molar-refractivity contribution in [3.8, 4) is 5.69 Å². The van der Waals surface area contributed by atoms with Gasteiger partial charge in [0.05, 0.1) is 17.8 Å². The van der Waals surface area contributed by atoms with E-state index >= 15 is 0 Å². The van der Waals surface area contributed by atoms with Gasteiger partial charge in [0.25, 0.3) is 0 Å². The molecule has 4 aromatic rings. The van der Waals surface area contributed by atoms with Gasteiger partial charge in [-0.25, -0.2) is 0 Å². The Labute approximate surface area is 229 Å². The van der Waals surface area contributed by atoms with Crippen LogP contribution in [0.4, 0.5) is 11.4 Å². The van der Waals surface area contributed by atoms with Crippen LogP contribution >= 0.6 is 12.2 Å². The first-order valence-electron chi connectivity index (χ1n) is 12.7. The Morgan fingerprint density at radius 3 is 2.58 bits per heavy atom. The topological polar surface area (TPSA) is 65.4 Å². The number of benzene rings is 2. The Morgan fingerprint density at radius 2 is 1.87 bits per heavy atom. The summed E-state index contributed by atoms with van der Waals surface area (Å²) in [5.74, 6) is -0.0481. The first kappa shape index (κ1) is 25.5. The smallest absolute Gasteiger partial charge is 0.226 e. The van der Waals surface area contributed by atoms with Crippen molar-refractivity contribution in [1.82, 2.24) is 19.8 Å². The fraction of sp³-hybridized carbons (Fsp3) is 0.233. The molecule has 0 spiro atoms. The lowest BCUT2D eigenvalue weighted by Crippen LogP contribution is -2.33. The lowest BCUT2D eigenvalue weighted by Gasteiger charge is -2.29. The summed E-state index contributed by atoms with van der Waals surface area (Å²) in [6.45, 7) is 2.48. The maximum atomic E-state index is 12.9. The van der Waals surface area contributed by atoms with E-state index in [0.29, 0.717) is 18.1 Å². The van der Waals surface area contributed by atoms with Crippen molar-refractivity contribution in [3.05, 3.63) is 108 Å². The normalized spacial score (nSPS) is 16.8. The number of carbonyl (C=O) groups excluding carboxylic acids is 1. The summed E-state index contributed by atoms with van der Waals surface area (Å²) in [7, 11) is 4.07. The summed E-state index contributed by atoms with van der Waals surface area (Å²) < 4.78 is 2.19. The number of anilines is 2. The molecule has 5 rings (SSSR count). The van der Waals surface area contributed by atoms with Crippen molar-refractivity contribution in [2.75, 3.05) is 30.9 Å². The summed E-state index contributed by atoms with van der Waals surface area (Å²) in [6, 6.07) is 26.1. The van der Waals surface area contributed by atoms with Gasteiger partial charge in [-0.15, -0.1) is 0 Å². The molecule has 38 heavy (non-hydrogen) atoms. The van der Waals surface area contributed by atoms with Crippen LogP contribution in [0.5, 0.6) is 0 Å². The van der Waals surface area contributed by atoms with E-state index in [4.69, 9.17) is 12.2 Å². The molecule has 0 radical (unpaired) electrons. The highest BCUT2D eigenvalue weighted by molar-refractivity contribution is 7.80. The number of carbonyl (C=O) groups is 1. The molecule has 2 atom stereocenters. The zero-order valence-corrected chi connectivity index (χ0v) is 22.7. The second-order valence-corrected chi connectivity index (χ2v) is 10.1. The number of aromatic nitrogens is 2. The molecule has 2 aromatic carbocycles. The van der Waals surface area contributed by atoms with Crippen molar-refractivity contribution < 1.29 is 4.79 Å². The molecule has 3 heterocycles. The van der Waals surface area contributed by atoms with Crippen LogP contribution in [0.15, 0.2) is 91.3 Å². The molecule has 2 unspecified atom stereocenters. The Balaban J connectivity index is 1.44. The summed E-state index contributed by atoms with van der Waals surface area (Å²) in [5, 5.41) is 7.12. The van der Waals surface area contributed by atoms with E-state index in [1.54, 1.807) is 6.20 Å². The van der Waals surface area contributed by atoms with Gasteiger partial charge in [0.2, 0.25) is 5.91 Å². The molecule has 0 aliphatic carbocycles. The third kappa shape index (κ3) is 5.40. The molecule has 7 nitrogen and oxygen atoms in total. The lowest BCUT2D eigenvalue weighted by molar-refractivity contribution is -0.116. The van der Waals surface area contributed by atoms with E-state index in [-0.39, 0.29) is 18.0 Å². The summed E-state index contributed by atoms with van der Waals surface area (Å²) in [5.41, 5.74) is 6.08. The van der Waals surface area contributed by atoms with Crippen molar-refractivity contribution in [2.45, 2.75) is 25.4 Å². The van der Waals surface area contributed by atoms with Gasteiger partial charge in [-0.2, -0.15) is 0 Å². The van der Waals surface area contributed by atoms with E-state index in [1.807, 2.05) is 63.5 Å². The molecule has 1 aliphatic rings. The number of aryl methyl sites for hydroxylation is 1. The second-order valence-electron chi connectivity index (χ2n) is 9.70. The van der Waals surface area contributed by atoms with Crippen LogP contribution in [-0.2, 0) is 4.79 Å². The van der Waals surface area contributed by atoms with Crippen LogP contribution < -0.4 is 15.5 Å². The van der Waals surface area contributed by atoms with Crippen LogP contribution in [0.2, 0.25) is 0 Å². The molecule has 8 heteroatoms. The molecule has 0 bridgehead atoms. The van der Waals surface area contributed by atoms with Gasteiger partial charge in [-0.1, -0.05) is 18.2 Å². The standard InChI is InChI=1S/C30H32N6OS/c1-21-8-6-9-22(20-21)32-27(37)16-19-36-29(28(33-30(36)38)25-10-4-5-17-31-25)26-11-7-18-35(26)24-14-12-23(13-15-24)34(2)3/h4-15,17-18,20,28-29H,16,19H2,1-3H3,(H,32,37)(H,33,38). The number of nitrogens with zero attached hydrogens (tertiary/aromatic N) is 4. The molecule has 1 saturated heterocycles. The molecule has 0 saturated carbocycles. The van der Waals surface area contributed by atoms with E-state index in [9.17, 15) is 4.79 Å². The molecule has 2 N–H and O–H groups in total. The number of pyridine rings is 1. The molecule has 2 aromatic heterocycles. The number of thiocarbonyl (C=S) groups is 1. The SMILES string of the molecule is Cc1cccc(NC(=O)CCN2C(=S)NC(c3ccccn3)C2c2cccn2-c2ccc(N(C)C)cc2)c1. The van der Waals surface area contributed by atoms with Gasteiger partial charge in [0.1, 0.15) is 0 Å². The molecule has 194 valence electrons. The largest absolute Gasteiger partial charge is 0.378 e. The molecule has 1 fully saturated rings. The van der Waals surface area contributed by atoms with Crippen molar-refractivity contribution in [2.24, 2.45) is 0 Å². The van der Waals surface area contributed by atoms with Gasteiger partial charge >= 0.3 is 0 Å². The molecule has 1 amide bonds. The van der Waals surface area contributed by atoms with Gasteiger partial charge in [0, 0.05) is 62.2 Å². The first-order chi connectivity index (χ1) is 18.4. The lowest BCUT2D eigenvalue weighted by atomic mass is 10.0. The number of rotatable bonds is 8. The van der Waals surface area contributed by atoms with Crippen molar-refractivity contribution >= 4 is 34.6 Å². The summed E-state index contributed by atoms with van der Waals surface area (Å²) in [4.78, 5) is 21.7. The maximum Gasteiger partial charge on any atom is 0.226 e. The number of amides is 1. The Bertz CT molecular complexity index is 1420. The monoisotopic (exact) mass is 524 g/mol. The minimum absolute atomic E-state index is 0.0481. The number of hydrogen-bond acceptors (Lipinski definition) is 4. The summed E-state index contributed by atoms with van der Waals surface area (Å²) in [6.07, 6.45) is 4.17. The van der Waals surface area contributed by atoms with Crippen molar-refractivity contribution in [1.29, 1.82) is 0 Å². The fourth-order valence-corrected chi connectivity index (χ4v) is 5.25. The Morgan fingerprint density at radius 1 is 1.05 bits per heavy atom. The van der Waals surface area contributed by atoms with Gasteiger partial charge in [-0.05, 0) is 85.4 Å². The van der Waals surface area contributed by atoms with Crippen LogP contribution in [0.25, 0.3) is 5.69 Å². The molecular formula is C30H32N6OS. The highest BCUT2D eigenvalue weighted by Crippen LogP contribution is 2.39. The molecule has 1 aliphatic heterocycles. The average molecular weight is 525 g/mol. The average Bonchev–Trinajstić information content (AvgIpc) is 3.52. The quantitative estimate of drug-likeness (QED) is 0.307. The third-order valence-electron chi connectivity index (χ3n) is 6.81. The second kappa shape index (κ2) is 11.1. The van der Waals surface area contributed by atoms with E-state index in [2.05, 4.69) is 72.6 Å². The van der Waals surface area contributed by atoms with Gasteiger partial charge in [-0.3, -0.25) is 9.78 Å². The fourth-order valence-electron chi connectivity index (χ4n) is 4.92. The highest BCUT2D eigenvalue weighted by atomic mass is 32.1. The third-order valence-corrected chi connectivity index (χ3v) is 7.16. The predicted octanol–water partition coefficient (Wildman–Crippen LogP) is 5.25. The van der Waals surface area contributed by atoms with Crippen LogP contribution in [0.1, 0.15) is 35.5 Å². The van der Waals surface area contributed by atoms with Gasteiger partial charge < -0.3 is 25.0 Å². The van der Waals surface area contributed by atoms with Crippen molar-refractivity contribution in [3.63, 3.8) is 0 Å². The minimum atomic E-state index is -0.154. The molecular weight excluding hydrogens is 492 g/mol. The number of nitrogens with one attached hydrogen (secondary N) is 2. The zero-order valence-electron chi connectivity index (χ0n) is 21.8. The zero-order chi connectivity index (χ0) is 26.6. The van der Waals surface area contributed by atoms with E-state index in [0.717, 1.165) is 34.0 Å². The van der Waals surface area contributed by atoms with E-state index in [1.165, 1.54) is 0 Å². The summed E-state index contributed by atoms with van der Waals surface area (Å²) >= 11 is 5.81. The van der Waals surface area contributed by atoms with Crippen LogP contribution in [-0.4, -0.2) is 46.1 Å². The van der Waals surface area contributed by atoms with Crippen LogP contribution in [0.3, 0.4) is 0 Å².